The fourth-order valence-electron chi connectivity index (χ4n) is 7.32. The molecular weight excluding hydrogens is 484 g/mol. The average Bonchev–Trinajstić information content (AvgIpc) is 3.19. The van der Waals surface area contributed by atoms with E-state index in [1.807, 2.05) is 0 Å². The highest BCUT2D eigenvalue weighted by atomic mass is 15.0. The smallest absolute Gasteiger partial charge is 0.224 e. The SMILES string of the molecule is Cc1ccc2c(CC(C)(C)C)c3c(c(C)c2c1)c1c2c(ccc4c5ccc(CC(C)(C)C)cc5n3c42)cc[n+]1C. The summed E-state index contributed by atoms with van der Waals surface area (Å²) in [5.41, 5.74) is 11.4. The van der Waals surface area contributed by atoms with Gasteiger partial charge in [-0.05, 0) is 76.4 Å². The van der Waals surface area contributed by atoms with Crippen LogP contribution in [0.1, 0.15) is 63.8 Å². The lowest BCUT2D eigenvalue weighted by Crippen LogP contribution is -2.29. The first-order chi connectivity index (χ1) is 18.8. The van der Waals surface area contributed by atoms with Crippen molar-refractivity contribution < 1.29 is 4.57 Å². The van der Waals surface area contributed by atoms with Gasteiger partial charge in [0.2, 0.25) is 5.52 Å². The molecule has 0 amide bonds. The highest BCUT2D eigenvalue weighted by Crippen LogP contribution is 2.45. The number of aromatic nitrogens is 2. The summed E-state index contributed by atoms with van der Waals surface area (Å²) in [7, 11) is 2.22. The van der Waals surface area contributed by atoms with E-state index < -0.39 is 0 Å². The van der Waals surface area contributed by atoms with Gasteiger partial charge in [-0.2, -0.15) is 0 Å². The normalized spacial score (nSPS) is 13.3. The van der Waals surface area contributed by atoms with Gasteiger partial charge in [0.1, 0.15) is 7.05 Å². The van der Waals surface area contributed by atoms with Crippen molar-refractivity contribution >= 4 is 59.8 Å². The quantitative estimate of drug-likeness (QED) is 0.121. The zero-order chi connectivity index (χ0) is 28.3. The summed E-state index contributed by atoms with van der Waals surface area (Å²) in [6.45, 7) is 18.7. The lowest BCUT2D eigenvalue weighted by Gasteiger charge is -2.24. The number of aryl methyl sites for hydroxylation is 3. The summed E-state index contributed by atoms with van der Waals surface area (Å²) in [4.78, 5) is 0. The maximum atomic E-state index is 2.66. The second-order valence-corrected chi connectivity index (χ2v) is 14.7. The molecule has 0 aliphatic carbocycles. The first kappa shape index (κ1) is 25.3. The molecule has 0 fully saturated rings. The van der Waals surface area contributed by atoms with E-state index in [0.29, 0.717) is 0 Å². The van der Waals surface area contributed by atoms with Crippen molar-refractivity contribution in [2.24, 2.45) is 17.9 Å². The van der Waals surface area contributed by atoms with E-state index in [-0.39, 0.29) is 10.8 Å². The summed E-state index contributed by atoms with van der Waals surface area (Å²) in [6.07, 6.45) is 4.32. The number of hydrogen-bond acceptors (Lipinski definition) is 0. The lowest BCUT2D eigenvalue weighted by atomic mass is 9.83. The van der Waals surface area contributed by atoms with Crippen LogP contribution in [0.3, 0.4) is 0 Å². The van der Waals surface area contributed by atoms with Crippen molar-refractivity contribution in [2.45, 2.75) is 68.2 Å². The van der Waals surface area contributed by atoms with Crippen LogP contribution >= 0.6 is 0 Å². The number of nitrogens with zero attached hydrogens (tertiary/aromatic N) is 2. The van der Waals surface area contributed by atoms with Crippen molar-refractivity contribution in [2.75, 3.05) is 0 Å². The van der Waals surface area contributed by atoms with Crippen LogP contribution in [-0.4, -0.2) is 4.40 Å². The maximum Gasteiger partial charge on any atom is 0.224 e. The largest absolute Gasteiger partial charge is 0.307 e. The van der Waals surface area contributed by atoms with Crippen LogP contribution in [0.4, 0.5) is 0 Å². The Morgan fingerprint density at radius 3 is 2.10 bits per heavy atom. The summed E-state index contributed by atoms with van der Waals surface area (Å²) in [5.74, 6) is 0. The molecule has 0 saturated heterocycles. The van der Waals surface area contributed by atoms with E-state index in [2.05, 4.69) is 132 Å². The van der Waals surface area contributed by atoms with Crippen molar-refractivity contribution in [3.8, 4) is 0 Å². The minimum absolute atomic E-state index is 0.144. The molecule has 0 aliphatic heterocycles. The molecule has 0 atom stereocenters. The minimum Gasteiger partial charge on any atom is -0.307 e. The van der Waals surface area contributed by atoms with Crippen molar-refractivity contribution in [3.63, 3.8) is 0 Å². The molecule has 0 unspecified atom stereocenters. The van der Waals surface area contributed by atoms with Gasteiger partial charge in [0, 0.05) is 16.8 Å². The molecule has 7 aromatic rings. The third kappa shape index (κ3) is 3.65. The highest BCUT2D eigenvalue weighted by molar-refractivity contribution is 6.29. The Morgan fingerprint density at radius 2 is 1.38 bits per heavy atom. The monoisotopic (exact) mass is 525 g/mol. The molecule has 0 radical (unpaired) electrons. The summed E-state index contributed by atoms with van der Waals surface area (Å²) in [6, 6.07) is 21.3. The van der Waals surface area contributed by atoms with Gasteiger partial charge < -0.3 is 4.40 Å². The Kier molecular flexibility index (Phi) is 5.19. The molecule has 2 heteroatoms. The van der Waals surface area contributed by atoms with Crippen molar-refractivity contribution in [3.05, 3.63) is 83.0 Å². The van der Waals surface area contributed by atoms with Crippen LogP contribution in [0.15, 0.2) is 60.8 Å². The Bertz CT molecular complexity index is 2140. The van der Waals surface area contributed by atoms with Gasteiger partial charge in [0.25, 0.3) is 0 Å². The number of hydrogen-bond donors (Lipinski definition) is 0. The number of benzene rings is 4. The van der Waals surface area contributed by atoms with E-state index in [1.54, 1.807) is 0 Å². The molecule has 202 valence electrons. The van der Waals surface area contributed by atoms with E-state index in [9.17, 15) is 0 Å². The molecular formula is C38H41N2+. The minimum atomic E-state index is 0.144. The standard InChI is InChI=1S/C38H41N2/c1-22-10-13-26-29(18-22)23(2)32-35(30(26)21-38(6,7)8)40-31-19-24(20-37(3,4)5)11-14-27(31)28-15-12-25-16-17-39(9)36(32)33(25)34(28)40/h10-19H,20-21H2,1-9H3/q+1. The fraction of sp³-hybridized carbons (Fsp3) is 0.342. The molecule has 0 saturated carbocycles. The van der Waals surface area contributed by atoms with Gasteiger partial charge in [-0.15, -0.1) is 0 Å². The van der Waals surface area contributed by atoms with Gasteiger partial charge in [-0.3, -0.25) is 0 Å². The van der Waals surface area contributed by atoms with Crippen LogP contribution in [0.25, 0.3) is 59.8 Å². The molecule has 40 heavy (non-hydrogen) atoms. The summed E-state index contributed by atoms with van der Waals surface area (Å²) < 4.78 is 5.02. The van der Waals surface area contributed by atoms with Gasteiger partial charge in [0.05, 0.1) is 27.3 Å². The third-order valence-corrected chi connectivity index (χ3v) is 8.80. The van der Waals surface area contributed by atoms with Gasteiger partial charge in [-0.1, -0.05) is 89.6 Å². The van der Waals surface area contributed by atoms with E-state index in [0.717, 1.165) is 12.8 Å². The molecule has 0 spiro atoms. The van der Waals surface area contributed by atoms with Crippen molar-refractivity contribution in [1.82, 2.24) is 4.40 Å². The fourth-order valence-corrected chi connectivity index (χ4v) is 7.32. The molecule has 7 rings (SSSR count). The molecule has 3 heterocycles. The third-order valence-electron chi connectivity index (χ3n) is 8.80. The molecule has 0 N–H and O–H groups in total. The lowest BCUT2D eigenvalue weighted by molar-refractivity contribution is -0.643. The first-order valence-corrected chi connectivity index (χ1v) is 14.8. The second kappa shape index (κ2) is 8.19. The van der Waals surface area contributed by atoms with Crippen LogP contribution in [0.5, 0.6) is 0 Å². The summed E-state index contributed by atoms with van der Waals surface area (Å²) >= 11 is 0. The predicted octanol–water partition coefficient (Wildman–Crippen LogP) is 9.76. The predicted molar refractivity (Wildman–Crippen MR) is 173 cm³/mol. The maximum absolute atomic E-state index is 2.66. The second-order valence-electron chi connectivity index (χ2n) is 14.7. The van der Waals surface area contributed by atoms with E-state index >= 15 is 0 Å². The van der Waals surface area contributed by atoms with Gasteiger partial charge >= 0.3 is 0 Å². The van der Waals surface area contributed by atoms with E-state index in [1.165, 1.54) is 82.0 Å². The van der Waals surface area contributed by atoms with E-state index in [4.69, 9.17) is 0 Å². The zero-order valence-corrected chi connectivity index (χ0v) is 25.6. The molecule has 4 aromatic carbocycles. The molecule has 2 nitrogen and oxygen atoms in total. The Labute approximate surface area is 237 Å². The van der Waals surface area contributed by atoms with Gasteiger partial charge in [0.15, 0.2) is 6.20 Å². The Morgan fingerprint density at radius 1 is 0.675 bits per heavy atom. The zero-order valence-electron chi connectivity index (χ0n) is 25.6. The van der Waals surface area contributed by atoms with Crippen LogP contribution in [0.2, 0.25) is 0 Å². The van der Waals surface area contributed by atoms with Crippen molar-refractivity contribution in [1.29, 1.82) is 0 Å². The molecule has 0 aliphatic rings. The average molecular weight is 526 g/mol. The van der Waals surface area contributed by atoms with Crippen LogP contribution < -0.4 is 4.57 Å². The number of fused-ring (bicyclic) bond motifs is 7. The van der Waals surface area contributed by atoms with Crippen LogP contribution in [-0.2, 0) is 19.9 Å². The number of rotatable bonds is 2. The van der Waals surface area contributed by atoms with Gasteiger partial charge in [-0.25, -0.2) is 4.57 Å². The van der Waals surface area contributed by atoms with Crippen LogP contribution in [0, 0.1) is 24.7 Å². The topological polar surface area (TPSA) is 8.29 Å². The Hall–Kier alpha value is -3.65. The molecule has 3 aromatic heterocycles. The first-order valence-electron chi connectivity index (χ1n) is 14.8. The summed E-state index contributed by atoms with van der Waals surface area (Å²) in [5, 5.41) is 9.56. The number of pyridine rings is 2. The highest BCUT2D eigenvalue weighted by Gasteiger charge is 2.28. The Balaban J connectivity index is 1.85. The molecule has 0 bridgehead atoms.